The van der Waals surface area contributed by atoms with Gasteiger partial charge in [0, 0.05) is 38.8 Å². The second-order valence-electron chi connectivity index (χ2n) is 10.3. The van der Waals surface area contributed by atoms with Crippen LogP contribution in [0.4, 0.5) is 10.7 Å². The molecule has 2 aromatic rings. The second kappa shape index (κ2) is 7.99. The highest BCUT2D eigenvalue weighted by molar-refractivity contribution is 5.76. The van der Waals surface area contributed by atoms with E-state index in [-0.39, 0.29) is 18.1 Å². The molecule has 1 saturated carbocycles. The molecule has 3 saturated heterocycles. The van der Waals surface area contributed by atoms with Gasteiger partial charge in [0.2, 0.25) is 5.95 Å². The van der Waals surface area contributed by atoms with Gasteiger partial charge in [0.15, 0.2) is 0 Å². The van der Waals surface area contributed by atoms with Gasteiger partial charge < -0.3 is 15.1 Å². The van der Waals surface area contributed by atoms with Crippen molar-refractivity contribution >= 4 is 12.0 Å². The number of anilines is 1. The van der Waals surface area contributed by atoms with Crippen LogP contribution in [0.25, 0.3) is 0 Å². The number of hydrogen-bond donors (Lipinski definition) is 1. The van der Waals surface area contributed by atoms with E-state index in [9.17, 15) is 4.79 Å². The molecule has 170 valence electrons. The summed E-state index contributed by atoms with van der Waals surface area (Å²) in [6.45, 7) is 4.81. The summed E-state index contributed by atoms with van der Waals surface area (Å²) in [6.07, 6.45) is 7.37. The molecule has 0 radical (unpaired) electrons. The van der Waals surface area contributed by atoms with E-state index in [1.165, 1.54) is 5.56 Å². The molecule has 2 bridgehead atoms. The molecule has 4 aliphatic rings. The molecule has 8 heteroatoms. The monoisotopic (exact) mass is 443 g/mol. The van der Waals surface area contributed by atoms with Crippen LogP contribution < -0.4 is 10.2 Å². The first-order chi connectivity index (χ1) is 16.1. The number of amides is 2. The molecule has 2 atom stereocenters. The zero-order chi connectivity index (χ0) is 22.4. The van der Waals surface area contributed by atoms with Crippen LogP contribution in [0.3, 0.4) is 0 Å². The smallest absolute Gasteiger partial charge is 0.318 e. The van der Waals surface area contributed by atoms with Crippen molar-refractivity contribution in [2.45, 2.75) is 50.4 Å². The van der Waals surface area contributed by atoms with Gasteiger partial charge in [-0.25, -0.2) is 14.8 Å². The summed E-state index contributed by atoms with van der Waals surface area (Å²) in [7, 11) is 0. The van der Waals surface area contributed by atoms with Gasteiger partial charge in [-0.15, -0.1) is 0 Å². The van der Waals surface area contributed by atoms with Crippen molar-refractivity contribution in [2.24, 2.45) is 5.41 Å². The molecule has 4 fully saturated rings. The summed E-state index contributed by atoms with van der Waals surface area (Å²) in [5.41, 5.74) is 2.25. The summed E-state index contributed by atoms with van der Waals surface area (Å²) in [6, 6.07) is 13.5. The minimum Gasteiger partial charge on any atom is -0.337 e. The molecule has 1 aliphatic carbocycles. The highest BCUT2D eigenvalue weighted by Gasteiger charge is 2.53. The number of rotatable bonds is 4. The van der Waals surface area contributed by atoms with E-state index >= 15 is 0 Å². The zero-order valence-corrected chi connectivity index (χ0v) is 18.7. The van der Waals surface area contributed by atoms with Gasteiger partial charge in [0.25, 0.3) is 0 Å². The first-order valence-electron chi connectivity index (χ1n) is 11.9. The molecule has 6 rings (SSSR count). The Hall–Kier alpha value is -3.18. The first-order valence-corrected chi connectivity index (χ1v) is 11.9. The minimum absolute atomic E-state index is 0.100. The van der Waals surface area contributed by atoms with Crippen LogP contribution in [-0.2, 0) is 6.54 Å². The topological polar surface area (TPSA) is 88.4 Å². The van der Waals surface area contributed by atoms with E-state index < -0.39 is 0 Å². The number of fused-ring (bicyclic) bond motifs is 2. The average molecular weight is 444 g/mol. The van der Waals surface area contributed by atoms with Gasteiger partial charge in [-0.2, -0.15) is 5.26 Å². The van der Waals surface area contributed by atoms with E-state index in [1.54, 1.807) is 12.4 Å². The fourth-order valence-corrected chi connectivity index (χ4v) is 6.39. The quantitative estimate of drug-likeness (QED) is 0.781. The van der Waals surface area contributed by atoms with Crippen LogP contribution in [-0.4, -0.2) is 70.1 Å². The summed E-state index contributed by atoms with van der Waals surface area (Å²) in [4.78, 5) is 28.6. The second-order valence-corrected chi connectivity index (χ2v) is 10.3. The summed E-state index contributed by atoms with van der Waals surface area (Å²) >= 11 is 0. The maximum absolute atomic E-state index is 13.1. The van der Waals surface area contributed by atoms with Crippen LogP contribution in [0.1, 0.15) is 36.8 Å². The SMILES string of the molecule is N#Cc1cnc(N2CC3CCC(C2)N3C(=O)NC2CC3(C2)CN(Cc2ccccc2)C3)nc1. The number of likely N-dealkylation sites (tertiary alicyclic amines) is 1. The largest absolute Gasteiger partial charge is 0.337 e. The molecule has 1 aromatic heterocycles. The molecule has 1 N–H and O–H groups in total. The number of piperazine rings is 1. The molecule has 33 heavy (non-hydrogen) atoms. The molecule has 2 unspecified atom stereocenters. The van der Waals surface area contributed by atoms with E-state index in [0.717, 1.165) is 58.4 Å². The van der Waals surface area contributed by atoms with Crippen molar-refractivity contribution < 1.29 is 4.79 Å². The Kier molecular flexibility index (Phi) is 4.95. The Balaban J connectivity index is 0.989. The number of nitriles is 1. The molecule has 3 aliphatic heterocycles. The summed E-state index contributed by atoms with van der Waals surface area (Å²) in [5.74, 6) is 0.650. The van der Waals surface area contributed by atoms with Crippen molar-refractivity contribution in [2.75, 3.05) is 31.1 Å². The molecule has 8 nitrogen and oxygen atoms in total. The van der Waals surface area contributed by atoms with Crippen LogP contribution >= 0.6 is 0 Å². The number of benzene rings is 1. The van der Waals surface area contributed by atoms with E-state index in [2.05, 4.69) is 66.4 Å². The van der Waals surface area contributed by atoms with Crippen molar-refractivity contribution in [3.63, 3.8) is 0 Å². The van der Waals surface area contributed by atoms with Crippen molar-refractivity contribution in [3.8, 4) is 6.07 Å². The molecule has 4 heterocycles. The fourth-order valence-electron chi connectivity index (χ4n) is 6.39. The number of hydrogen-bond acceptors (Lipinski definition) is 6. The van der Waals surface area contributed by atoms with Crippen molar-refractivity contribution in [1.29, 1.82) is 5.26 Å². The van der Waals surface area contributed by atoms with Gasteiger partial charge >= 0.3 is 6.03 Å². The van der Waals surface area contributed by atoms with Crippen LogP contribution in [0.5, 0.6) is 0 Å². The Morgan fingerprint density at radius 1 is 1.09 bits per heavy atom. The van der Waals surface area contributed by atoms with E-state index in [0.29, 0.717) is 23.0 Å². The van der Waals surface area contributed by atoms with Crippen molar-refractivity contribution in [3.05, 3.63) is 53.9 Å². The molecule has 1 aromatic carbocycles. The summed E-state index contributed by atoms with van der Waals surface area (Å²) in [5, 5.41) is 12.3. The fraction of sp³-hybridized carbons (Fsp3) is 0.520. The molecular formula is C25H29N7O. The first kappa shape index (κ1) is 20.4. The highest BCUT2D eigenvalue weighted by atomic mass is 16.2. The standard InChI is InChI=1S/C25H29N7O/c26-10-19-11-27-23(28-12-19)31-14-21-6-7-22(15-31)32(21)24(33)29-20-8-25(9-20)16-30(17-25)13-18-4-2-1-3-5-18/h1-5,11-12,20-22H,6-9,13-17H2,(H,29,33). The van der Waals surface area contributed by atoms with Gasteiger partial charge in [-0.1, -0.05) is 30.3 Å². The third-order valence-corrected chi connectivity index (χ3v) is 7.82. The van der Waals surface area contributed by atoms with Crippen LogP contribution in [0.2, 0.25) is 0 Å². The minimum atomic E-state index is 0.100. The number of carbonyl (C=O) groups excluding carboxylic acids is 1. The van der Waals surface area contributed by atoms with Crippen LogP contribution in [0, 0.1) is 16.7 Å². The Bertz CT molecular complexity index is 1040. The van der Waals surface area contributed by atoms with Crippen molar-refractivity contribution in [1.82, 2.24) is 25.1 Å². The highest BCUT2D eigenvalue weighted by Crippen LogP contribution is 2.49. The number of urea groups is 1. The van der Waals surface area contributed by atoms with Crippen LogP contribution in [0.15, 0.2) is 42.7 Å². The van der Waals surface area contributed by atoms with Gasteiger partial charge in [-0.05, 0) is 36.7 Å². The molecule has 1 spiro atoms. The lowest BCUT2D eigenvalue weighted by Gasteiger charge is -2.59. The summed E-state index contributed by atoms with van der Waals surface area (Å²) < 4.78 is 0. The lowest BCUT2D eigenvalue weighted by molar-refractivity contribution is -0.0811. The zero-order valence-electron chi connectivity index (χ0n) is 18.7. The molecular weight excluding hydrogens is 414 g/mol. The van der Waals surface area contributed by atoms with Gasteiger partial charge in [-0.3, -0.25) is 4.90 Å². The number of nitrogens with zero attached hydrogens (tertiary/aromatic N) is 6. The Morgan fingerprint density at radius 2 is 1.76 bits per heavy atom. The van der Waals surface area contributed by atoms with E-state index in [1.807, 2.05) is 0 Å². The Morgan fingerprint density at radius 3 is 2.39 bits per heavy atom. The predicted octanol–water partition coefficient (Wildman–Crippen LogP) is 2.38. The predicted molar refractivity (Wildman–Crippen MR) is 123 cm³/mol. The normalized spacial score (nSPS) is 25.9. The van der Waals surface area contributed by atoms with Gasteiger partial charge in [0.1, 0.15) is 6.07 Å². The lowest BCUT2D eigenvalue weighted by Crippen LogP contribution is -2.67. The number of carbonyl (C=O) groups is 1. The average Bonchev–Trinajstić information content (AvgIpc) is 3.06. The third kappa shape index (κ3) is 3.80. The lowest BCUT2D eigenvalue weighted by atomic mass is 9.60. The molecule has 2 amide bonds. The number of aromatic nitrogens is 2. The number of nitrogens with one attached hydrogen (secondary N) is 1. The third-order valence-electron chi connectivity index (χ3n) is 7.82. The maximum atomic E-state index is 13.1. The van der Waals surface area contributed by atoms with Gasteiger partial charge in [0.05, 0.1) is 30.0 Å². The maximum Gasteiger partial charge on any atom is 0.318 e. The van der Waals surface area contributed by atoms with E-state index in [4.69, 9.17) is 5.26 Å². The Labute approximate surface area is 194 Å².